The predicted molar refractivity (Wildman–Crippen MR) is 129 cm³/mol. The summed E-state index contributed by atoms with van der Waals surface area (Å²) in [5.74, 6) is -0.429. The van der Waals surface area contributed by atoms with Crippen LogP contribution in [0.5, 0.6) is 0 Å². The van der Waals surface area contributed by atoms with Gasteiger partial charge in [0.2, 0.25) is 0 Å². The SMILES string of the molecule is CCS(=O)(CC)=Nc1ccc(-c2nccnc2[C@H](C)NC(=O)c2cc(C(F)(F)F)cc(C(F)(F)F)c2)nc1. The van der Waals surface area contributed by atoms with Gasteiger partial charge in [0.15, 0.2) is 0 Å². The largest absolute Gasteiger partial charge is 0.416 e. The summed E-state index contributed by atoms with van der Waals surface area (Å²) < 4.78 is 95.9. The van der Waals surface area contributed by atoms with Crippen LogP contribution in [0.2, 0.25) is 0 Å². The first kappa shape index (κ1) is 29.0. The summed E-state index contributed by atoms with van der Waals surface area (Å²) in [5, 5.41) is 2.38. The molecule has 0 saturated carbocycles. The first-order chi connectivity index (χ1) is 17.7. The highest BCUT2D eigenvalue weighted by Crippen LogP contribution is 2.36. The Morgan fingerprint density at radius 3 is 2.03 bits per heavy atom. The highest BCUT2D eigenvalue weighted by Gasteiger charge is 2.37. The highest BCUT2D eigenvalue weighted by molar-refractivity contribution is 7.93. The molecule has 0 saturated heterocycles. The van der Waals surface area contributed by atoms with Crippen LogP contribution in [0.4, 0.5) is 32.0 Å². The van der Waals surface area contributed by atoms with Crippen LogP contribution < -0.4 is 5.32 Å². The van der Waals surface area contributed by atoms with E-state index >= 15 is 0 Å². The van der Waals surface area contributed by atoms with Crippen LogP contribution in [0.1, 0.15) is 54.0 Å². The minimum absolute atomic E-state index is 0.0536. The van der Waals surface area contributed by atoms with Crippen LogP contribution >= 0.6 is 0 Å². The normalized spacial score (nSPS) is 13.2. The maximum Gasteiger partial charge on any atom is 0.416 e. The molecule has 1 atom stereocenters. The van der Waals surface area contributed by atoms with Gasteiger partial charge in [-0.3, -0.25) is 19.7 Å². The third kappa shape index (κ3) is 6.85. The topological polar surface area (TPSA) is 97.2 Å². The molecule has 0 aliphatic rings. The Balaban J connectivity index is 1.92. The number of hydrogen-bond donors (Lipinski definition) is 1. The van der Waals surface area contributed by atoms with E-state index in [0.29, 0.717) is 35.0 Å². The van der Waals surface area contributed by atoms with Gasteiger partial charge in [-0.15, -0.1) is 0 Å². The molecule has 38 heavy (non-hydrogen) atoms. The number of amides is 1. The second kappa shape index (κ2) is 11.1. The Hall–Kier alpha value is -3.55. The van der Waals surface area contributed by atoms with E-state index < -0.39 is 50.7 Å². The van der Waals surface area contributed by atoms with Gasteiger partial charge in [0.25, 0.3) is 5.91 Å². The second-order valence-electron chi connectivity index (χ2n) is 8.12. The molecule has 3 rings (SSSR count). The molecule has 3 aromatic rings. The molecule has 0 spiro atoms. The molecule has 0 bridgehead atoms. The molecule has 0 radical (unpaired) electrons. The van der Waals surface area contributed by atoms with Crippen LogP contribution in [-0.4, -0.2) is 36.6 Å². The van der Waals surface area contributed by atoms with Gasteiger partial charge in [0, 0.05) is 29.5 Å². The fourth-order valence-corrected chi connectivity index (χ4v) is 4.56. The van der Waals surface area contributed by atoms with E-state index in [2.05, 4.69) is 24.6 Å². The molecule has 1 N–H and O–H groups in total. The molecule has 204 valence electrons. The van der Waals surface area contributed by atoms with Gasteiger partial charge in [-0.2, -0.15) is 30.7 Å². The van der Waals surface area contributed by atoms with Crippen molar-refractivity contribution in [1.82, 2.24) is 20.3 Å². The number of benzene rings is 1. The molecule has 2 heterocycles. The van der Waals surface area contributed by atoms with E-state index in [4.69, 9.17) is 0 Å². The summed E-state index contributed by atoms with van der Waals surface area (Å²) in [7, 11) is -2.41. The van der Waals surface area contributed by atoms with Gasteiger partial charge in [-0.05, 0) is 37.3 Å². The summed E-state index contributed by atoms with van der Waals surface area (Å²) in [6.07, 6.45) is -6.12. The van der Waals surface area contributed by atoms with Crippen LogP contribution in [0.15, 0.2) is 53.3 Å². The van der Waals surface area contributed by atoms with Gasteiger partial charge in [0.1, 0.15) is 5.69 Å². The second-order valence-corrected chi connectivity index (χ2v) is 11.0. The molecule has 14 heteroatoms. The third-order valence-electron chi connectivity index (χ3n) is 5.50. The fraction of sp³-hybridized carbons (Fsp3) is 0.333. The number of aromatic nitrogens is 3. The molecule has 0 unspecified atom stereocenters. The van der Waals surface area contributed by atoms with Gasteiger partial charge < -0.3 is 5.32 Å². The third-order valence-corrected chi connectivity index (χ3v) is 7.85. The number of hydrogen-bond acceptors (Lipinski definition) is 6. The van der Waals surface area contributed by atoms with E-state index in [1.54, 1.807) is 26.0 Å². The van der Waals surface area contributed by atoms with E-state index in [0.717, 1.165) is 0 Å². The predicted octanol–water partition coefficient (Wildman–Crippen LogP) is 6.21. The Morgan fingerprint density at radius 1 is 0.947 bits per heavy atom. The number of nitrogens with one attached hydrogen (secondary N) is 1. The molecule has 2 aromatic heterocycles. The zero-order valence-electron chi connectivity index (χ0n) is 20.4. The smallest absolute Gasteiger partial charge is 0.344 e. The maximum absolute atomic E-state index is 13.2. The minimum Gasteiger partial charge on any atom is -0.344 e. The average Bonchev–Trinajstić information content (AvgIpc) is 2.87. The standard InChI is InChI=1S/C24H23F6N5O2S/c1-4-38(37,5-2)35-18-6-7-19(33-13-18)21-20(31-8-9-32-21)14(3)34-22(36)15-10-16(23(25,26)27)12-17(11-15)24(28,29)30/h6-14H,4-5H2,1-3H3,(H,34,36)/t14-/m0/s1. The Kier molecular flexibility index (Phi) is 8.44. The number of pyridine rings is 1. The van der Waals surface area contributed by atoms with Crippen molar-refractivity contribution in [1.29, 1.82) is 0 Å². The van der Waals surface area contributed by atoms with Crippen molar-refractivity contribution in [3.63, 3.8) is 0 Å². The zero-order valence-corrected chi connectivity index (χ0v) is 21.2. The fourth-order valence-electron chi connectivity index (χ4n) is 3.40. The Labute approximate surface area is 214 Å². The monoisotopic (exact) mass is 559 g/mol. The number of rotatable bonds is 7. The van der Waals surface area contributed by atoms with Gasteiger partial charge in [0.05, 0.1) is 50.2 Å². The van der Waals surface area contributed by atoms with Crippen LogP contribution in [0.3, 0.4) is 0 Å². The lowest BCUT2D eigenvalue weighted by Crippen LogP contribution is -2.28. The molecular formula is C24H23F6N5O2S. The van der Waals surface area contributed by atoms with Crippen LogP contribution in [0, 0.1) is 0 Å². The summed E-state index contributed by atoms with van der Waals surface area (Å²) in [6, 6.07) is 2.81. The summed E-state index contributed by atoms with van der Waals surface area (Å²) in [5.41, 5.74) is -2.93. The van der Waals surface area contributed by atoms with Crippen molar-refractivity contribution in [3.05, 3.63) is 71.3 Å². The van der Waals surface area contributed by atoms with E-state index in [-0.39, 0.29) is 17.5 Å². The summed E-state index contributed by atoms with van der Waals surface area (Å²) >= 11 is 0. The maximum atomic E-state index is 13.2. The van der Waals surface area contributed by atoms with Crippen molar-refractivity contribution < 1.29 is 35.3 Å². The highest BCUT2D eigenvalue weighted by atomic mass is 32.2. The van der Waals surface area contributed by atoms with E-state index in [9.17, 15) is 35.3 Å². The van der Waals surface area contributed by atoms with Crippen molar-refractivity contribution in [2.75, 3.05) is 11.5 Å². The van der Waals surface area contributed by atoms with Gasteiger partial charge >= 0.3 is 12.4 Å². The summed E-state index contributed by atoms with van der Waals surface area (Å²) in [6.45, 7) is 4.98. The average molecular weight is 560 g/mol. The number of alkyl halides is 6. The quantitative estimate of drug-likeness (QED) is 0.348. The van der Waals surface area contributed by atoms with E-state index in [1.807, 2.05) is 0 Å². The van der Waals surface area contributed by atoms with Crippen molar-refractivity contribution in [2.45, 2.75) is 39.2 Å². The first-order valence-corrected chi connectivity index (χ1v) is 13.1. The molecule has 1 amide bonds. The molecule has 0 aliphatic heterocycles. The first-order valence-electron chi connectivity index (χ1n) is 11.3. The molecule has 0 aliphatic carbocycles. The van der Waals surface area contributed by atoms with Crippen LogP contribution in [0.25, 0.3) is 11.4 Å². The lowest BCUT2D eigenvalue weighted by atomic mass is 10.0. The van der Waals surface area contributed by atoms with Crippen molar-refractivity contribution in [2.24, 2.45) is 4.36 Å². The number of carbonyl (C=O) groups excluding carboxylic acids is 1. The van der Waals surface area contributed by atoms with E-state index in [1.165, 1.54) is 25.5 Å². The molecule has 0 fully saturated rings. The molecule has 7 nitrogen and oxygen atoms in total. The number of halogens is 6. The molecular weight excluding hydrogens is 536 g/mol. The number of carbonyl (C=O) groups is 1. The minimum atomic E-state index is -5.09. The van der Waals surface area contributed by atoms with Crippen molar-refractivity contribution in [3.8, 4) is 11.4 Å². The Morgan fingerprint density at radius 2 is 1.53 bits per heavy atom. The lowest BCUT2D eigenvalue weighted by molar-refractivity contribution is -0.143. The lowest BCUT2D eigenvalue weighted by Gasteiger charge is -2.18. The number of nitrogens with zero attached hydrogens (tertiary/aromatic N) is 4. The molecule has 1 aromatic carbocycles. The van der Waals surface area contributed by atoms with Gasteiger partial charge in [-0.1, -0.05) is 13.8 Å². The van der Waals surface area contributed by atoms with Gasteiger partial charge in [-0.25, -0.2) is 4.21 Å². The Bertz CT molecular complexity index is 1390. The zero-order chi connectivity index (χ0) is 28.3. The summed E-state index contributed by atoms with van der Waals surface area (Å²) in [4.78, 5) is 25.4. The van der Waals surface area contributed by atoms with Crippen molar-refractivity contribution >= 4 is 21.3 Å². The van der Waals surface area contributed by atoms with Crippen LogP contribution in [-0.2, 0) is 22.1 Å².